The molecule has 0 unspecified atom stereocenters. The smallest absolute Gasteiger partial charge is 0.243 e. The van der Waals surface area contributed by atoms with Crippen LogP contribution < -0.4 is 5.11 Å². The minimum absolute atomic E-state index is 0.135. The first kappa shape index (κ1) is 18.8. The summed E-state index contributed by atoms with van der Waals surface area (Å²) in [4.78, 5) is 23.3. The number of amides is 1. The predicted octanol–water partition coefficient (Wildman–Crippen LogP) is 3.42. The van der Waals surface area contributed by atoms with Crippen LogP contribution in [0.1, 0.15) is 36.4 Å². The molecule has 0 aromatic heterocycles. The SMILES string of the molecule is O=C([O-])CCC(=O)N1N=C(c2ccc(Br)cc2)C[C@H]1c1cccc(Br)c1. The number of carbonyl (C=O) groups is 2. The number of hydrazone groups is 1. The van der Waals surface area contributed by atoms with Crippen molar-refractivity contribution in [1.29, 1.82) is 0 Å². The summed E-state index contributed by atoms with van der Waals surface area (Å²) in [5.41, 5.74) is 2.67. The molecule has 1 aliphatic heterocycles. The number of rotatable bonds is 5. The van der Waals surface area contributed by atoms with Gasteiger partial charge in [0.1, 0.15) is 0 Å². The zero-order valence-corrected chi connectivity index (χ0v) is 16.9. The highest BCUT2D eigenvalue weighted by molar-refractivity contribution is 9.10. The average molecular weight is 479 g/mol. The molecule has 26 heavy (non-hydrogen) atoms. The third kappa shape index (κ3) is 4.40. The number of hydrogen-bond donors (Lipinski definition) is 0. The first-order valence-corrected chi connectivity index (χ1v) is 9.63. The molecule has 0 bridgehead atoms. The highest BCUT2D eigenvalue weighted by Crippen LogP contribution is 2.34. The molecule has 2 aromatic rings. The van der Waals surface area contributed by atoms with E-state index >= 15 is 0 Å². The van der Waals surface area contributed by atoms with Gasteiger partial charge >= 0.3 is 0 Å². The lowest BCUT2D eigenvalue weighted by Crippen LogP contribution is -2.29. The molecule has 0 N–H and O–H groups in total. The first-order chi connectivity index (χ1) is 12.4. The maximum Gasteiger partial charge on any atom is 0.243 e. The highest BCUT2D eigenvalue weighted by atomic mass is 79.9. The van der Waals surface area contributed by atoms with Crippen LogP contribution in [0.4, 0.5) is 0 Å². The van der Waals surface area contributed by atoms with Gasteiger partial charge in [0.25, 0.3) is 0 Å². The van der Waals surface area contributed by atoms with Gasteiger partial charge in [-0.1, -0.05) is 56.1 Å². The Morgan fingerprint density at radius 2 is 1.81 bits per heavy atom. The molecule has 0 radical (unpaired) electrons. The summed E-state index contributed by atoms with van der Waals surface area (Å²) in [5, 5.41) is 16.6. The van der Waals surface area contributed by atoms with Crippen molar-refractivity contribution in [2.75, 3.05) is 0 Å². The summed E-state index contributed by atoms with van der Waals surface area (Å²) in [7, 11) is 0. The van der Waals surface area contributed by atoms with E-state index in [0.717, 1.165) is 25.8 Å². The number of aliphatic carboxylic acids is 1. The molecule has 1 aliphatic rings. The van der Waals surface area contributed by atoms with Crippen molar-refractivity contribution >= 4 is 49.4 Å². The van der Waals surface area contributed by atoms with E-state index in [1.807, 2.05) is 48.5 Å². The number of nitrogens with zero attached hydrogens (tertiary/aromatic N) is 2. The van der Waals surface area contributed by atoms with E-state index in [0.29, 0.717) is 6.42 Å². The van der Waals surface area contributed by atoms with E-state index in [9.17, 15) is 14.7 Å². The van der Waals surface area contributed by atoms with Gasteiger partial charge in [0.05, 0.1) is 11.8 Å². The van der Waals surface area contributed by atoms with Gasteiger partial charge in [-0.25, -0.2) is 5.01 Å². The van der Waals surface area contributed by atoms with Gasteiger partial charge in [-0.3, -0.25) is 4.79 Å². The fourth-order valence-electron chi connectivity index (χ4n) is 2.85. The van der Waals surface area contributed by atoms with Crippen molar-refractivity contribution in [3.63, 3.8) is 0 Å². The van der Waals surface area contributed by atoms with Crippen LogP contribution in [0, 0.1) is 0 Å². The summed E-state index contributed by atoms with van der Waals surface area (Å²) >= 11 is 6.86. The summed E-state index contributed by atoms with van der Waals surface area (Å²) < 4.78 is 1.87. The Morgan fingerprint density at radius 1 is 1.08 bits per heavy atom. The Kier molecular flexibility index (Phi) is 5.88. The van der Waals surface area contributed by atoms with E-state index in [2.05, 4.69) is 37.0 Å². The van der Waals surface area contributed by atoms with Crippen molar-refractivity contribution < 1.29 is 14.7 Å². The second-order valence-electron chi connectivity index (χ2n) is 5.94. The number of halogens is 2. The second-order valence-corrected chi connectivity index (χ2v) is 7.77. The number of benzene rings is 2. The van der Waals surface area contributed by atoms with Gasteiger partial charge in [-0.15, -0.1) is 0 Å². The summed E-state index contributed by atoms with van der Waals surface area (Å²) in [5.74, 6) is -1.57. The van der Waals surface area contributed by atoms with E-state index in [-0.39, 0.29) is 24.8 Å². The molecule has 3 rings (SSSR count). The standard InChI is InChI=1S/C19H16Br2N2O3/c20-14-6-4-12(5-7-14)16-11-17(13-2-1-3-15(21)10-13)23(22-16)18(24)8-9-19(25)26/h1-7,10,17H,8-9,11H2,(H,25,26)/p-1/t17-/m0/s1. The zero-order valence-electron chi connectivity index (χ0n) is 13.7. The maximum absolute atomic E-state index is 12.6. The van der Waals surface area contributed by atoms with Crippen LogP contribution in [-0.4, -0.2) is 22.6 Å². The van der Waals surface area contributed by atoms with Gasteiger partial charge in [0, 0.05) is 27.8 Å². The van der Waals surface area contributed by atoms with Crippen molar-refractivity contribution in [2.24, 2.45) is 5.10 Å². The normalized spacial score (nSPS) is 16.5. The molecular weight excluding hydrogens is 464 g/mol. The number of carboxylic acids is 1. The molecule has 0 aliphatic carbocycles. The molecule has 0 saturated carbocycles. The minimum atomic E-state index is -1.24. The zero-order chi connectivity index (χ0) is 18.7. The van der Waals surface area contributed by atoms with Gasteiger partial charge in [-0.05, 0) is 41.8 Å². The van der Waals surface area contributed by atoms with Crippen LogP contribution in [0.25, 0.3) is 0 Å². The van der Waals surface area contributed by atoms with E-state index in [4.69, 9.17) is 0 Å². The molecule has 1 heterocycles. The highest BCUT2D eigenvalue weighted by Gasteiger charge is 2.32. The summed E-state index contributed by atoms with van der Waals surface area (Å²) in [6, 6.07) is 15.2. The Hall–Kier alpha value is -1.99. The van der Waals surface area contributed by atoms with Gasteiger partial charge in [0.15, 0.2) is 0 Å². The monoisotopic (exact) mass is 477 g/mol. The lowest BCUT2D eigenvalue weighted by molar-refractivity contribution is -0.305. The van der Waals surface area contributed by atoms with E-state index < -0.39 is 5.97 Å². The van der Waals surface area contributed by atoms with E-state index in [1.165, 1.54) is 5.01 Å². The van der Waals surface area contributed by atoms with Crippen molar-refractivity contribution in [2.45, 2.75) is 25.3 Å². The molecule has 1 atom stereocenters. The van der Waals surface area contributed by atoms with Crippen molar-refractivity contribution in [3.05, 3.63) is 68.6 Å². The Bertz CT molecular complexity index is 865. The molecular formula is C19H15Br2N2O3-. The Morgan fingerprint density at radius 3 is 2.46 bits per heavy atom. The minimum Gasteiger partial charge on any atom is -0.550 e. The molecule has 2 aromatic carbocycles. The van der Waals surface area contributed by atoms with Crippen LogP contribution in [0.3, 0.4) is 0 Å². The number of carbonyl (C=O) groups excluding carboxylic acids is 2. The molecule has 0 saturated heterocycles. The molecule has 5 nitrogen and oxygen atoms in total. The second kappa shape index (κ2) is 8.14. The largest absolute Gasteiger partial charge is 0.550 e. The van der Waals surface area contributed by atoms with Crippen LogP contribution in [0.2, 0.25) is 0 Å². The van der Waals surface area contributed by atoms with Crippen LogP contribution in [0.15, 0.2) is 62.6 Å². The molecule has 7 heteroatoms. The van der Waals surface area contributed by atoms with E-state index in [1.54, 1.807) is 0 Å². The van der Waals surface area contributed by atoms with Crippen LogP contribution >= 0.6 is 31.9 Å². The third-order valence-electron chi connectivity index (χ3n) is 4.12. The summed E-state index contributed by atoms with van der Waals surface area (Å²) in [6.45, 7) is 0. The van der Waals surface area contributed by atoms with Crippen molar-refractivity contribution in [3.8, 4) is 0 Å². The topological polar surface area (TPSA) is 72.8 Å². The first-order valence-electron chi connectivity index (χ1n) is 8.05. The maximum atomic E-state index is 12.6. The average Bonchev–Trinajstić information content (AvgIpc) is 3.05. The quantitative estimate of drug-likeness (QED) is 0.660. The van der Waals surface area contributed by atoms with Gasteiger partial charge in [0.2, 0.25) is 5.91 Å². The predicted molar refractivity (Wildman–Crippen MR) is 103 cm³/mol. The fourth-order valence-corrected chi connectivity index (χ4v) is 3.54. The number of hydrogen-bond acceptors (Lipinski definition) is 4. The Balaban J connectivity index is 1.91. The van der Waals surface area contributed by atoms with Crippen molar-refractivity contribution in [1.82, 2.24) is 5.01 Å². The summed E-state index contributed by atoms with van der Waals surface area (Å²) in [6.07, 6.45) is 0.114. The fraction of sp³-hybridized carbons (Fsp3) is 0.211. The van der Waals surface area contributed by atoms with Crippen LogP contribution in [0.5, 0.6) is 0 Å². The number of carboxylic acid groups (broad SMARTS) is 1. The van der Waals surface area contributed by atoms with Gasteiger partial charge < -0.3 is 9.90 Å². The van der Waals surface area contributed by atoms with Crippen LogP contribution in [-0.2, 0) is 9.59 Å². The molecule has 0 spiro atoms. The third-order valence-corrected chi connectivity index (χ3v) is 5.14. The molecule has 0 fully saturated rings. The van der Waals surface area contributed by atoms with Gasteiger partial charge in [-0.2, -0.15) is 5.10 Å². The lowest BCUT2D eigenvalue weighted by atomic mass is 9.98. The Labute approximate surface area is 168 Å². The molecule has 134 valence electrons. The lowest BCUT2D eigenvalue weighted by Gasteiger charge is -2.22. The molecule has 1 amide bonds.